The predicted molar refractivity (Wildman–Crippen MR) is 67.1 cm³/mol. The number of aryl methyl sites for hydroxylation is 1. The van der Waals surface area contributed by atoms with Gasteiger partial charge in [0, 0.05) is 18.4 Å². The van der Waals surface area contributed by atoms with Crippen LogP contribution in [0, 0.1) is 5.92 Å². The molecule has 0 atom stereocenters. The van der Waals surface area contributed by atoms with E-state index in [0.717, 1.165) is 0 Å². The molecule has 1 N–H and O–H groups in total. The standard InChI is InChI=1S/C12H20N4O2/c1-8(2)12(18)10-7-16(15-14-10)6-5-11(17)13-9(3)4/h7-9H,5-6H2,1-4H3,(H,13,17). The number of amides is 1. The highest BCUT2D eigenvalue weighted by Crippen LogP contribution is 2.04. The van der Waals surface area contributed by atoms with Crippen LogP contribution in [0.2, 0.25) is 0 Å². The molecule has 100 valence electrons. The van der Waals surface area contributed by atoms with Gasteiger partial charge in [0.15, 0.2) is 5.78 Å². The number of hydrogen-bond acceptors (Lipinski definition) is 4. The van der Waals surface area contributed by atoms with Crippen molar-refractivity contribution in [3.05, 3.63) is 11.9 Å². The van der Waals surface area contributed by atoms with Crippen LogP contribution < -0.4 is 5.32 Å². The molecule has 0 bridgehead atoms. The Labute approximate surface area is 107 Å². The normalized spacial score (nSPS) is 11.0. The summed E-state index contributed by atoms with van der Waals surface area (Å²) in [5, 5.41) is 10.4. The lowest BCUT2D eigenvalue weighted by Crippen LogP contribution is -2.30. The van der Waals surface area contributed by atoms with E-state index >= 15 is 0 Å². The fourth-order valence-electron chi connectivity index (χ4n) is 1.43. The summed E-state index contributed by atoms with van der Waals surface area (Å²) in [6.07, 6.45) is 1.92. The molecule has 0 saturated carbocycles. The summed E-state index contributed by atoms with van der Waals surface area (Å²) in [6.45, 7) is 7.88. The van der Waals surface area contributed by atoms with Crippen molar-refractivity contribution in [1.29, 1.82) is 0 Å². The molecule has 6 nitrogen and oxygen atoms in total. The molecule has 0 aliphatic rings. The molecule has 1 heterocycles. The van der Waals surface area contributed by atoms with Crippen LogP contribution >= 0.6 is 0 Å². The first-order valence-electron chi connectivity index (χ1n) is 6.14. The second kappa shape index (κ2) is 6.28. The van der Waals surface area contributed by atoms with Gasteiger partial charge in [-0.1, -0.05) is 19.1 Å². The van der Waals surface area contributed by atoms with Crippen molar-refractivity contribution >= 4 is 11.7 Å². The summed E-state index contributed by atoms with van der Waals surface area (Å²) in [6, 6.07) is 0.131. The Morgan fingerprint density at radius 1 is 1.33 bits per heavy atom. The number of ketones is 1. The zero-order valence-corrected chi connectivity index (χ0v) is 11.3. The number of hydrogen-bond donors (Lipinski definition) is 1. The lowest BCUT2D eigenvalue weighted by Gasteiger charge is -2.07. The van der Waals surface area contributed by atoms with Crippen molar-refractivity contribution in [2.24, 2.45) is 5.92 Å². The topological polar surface area (TPSA) is 76.9 Å². The van der Waals surface area contributed by atoms with E-state index in [-0.39, 0.29) is 23.7 Å². The number of nitrogens with zero attached hydrogens (tertiary/aromatic N) is 3. The van der Waals surface area contributed by atoms with Crippen LogP contribution in [0.3, 0.4) is 0 Å². The highest BCUT2D eigenvalue weighted by atomic mass is 16.1. The third-order valence-corrected chi connectivity index (χ3v) is 2.33. The Hall–Kier alpha value is -1.72. The Morgan fingerprint density at radius 3 is 2.56 bits per heavy atom. The van der Waals surface area contributed by atoms with E-state index < -0.39 is 0 Å². The van der Waals surface area contributed by atoms with Gasteiger partial charge in [-0.15, -0.1) is 5.10 Å². The van der Waals surface area contributed by atoms with E-state index in [0.29, 0.717) is 18.7 Å². The molecule has 18 heavy (non-hydrogen) atoms. The van der Waals surface area contributed by atoms with Crippen LogP contribution in [0.25, 0.3) is 0 Å². The van der Waals surface area contributed by atoms with E-state index in [1.54, 1.807) is 6.20 Å². The maximum atomic E-state index is 11.6. The first-order chi connectivity index (χ1) is 8.40. The summed E-state index contributed by atoms with van der Waals surface area (Å²) in [4.78, 5) is 23.1. The van der Waals surface area contributed by atoms with Crippen molar-refractivity contribution < 1.29 is 9.59 Å². The van der Waals surface area contributed by atoms with Gasteiger partial charge in [0.2, 0.25) is 5.91 Å². The van der Waals surface area contributed by atoms with Gasteiger partial charge in [-0.25, -0.2) is 0 Å². The highest BCUT2D eigenvalue weighted by molar-refractivity contribution is 5.95. The van der Waals surface area contributed by atoms with Crippen molar-refractivity contribution in [3.8, 4) is 0 Å². The fraction of sp³-hybridized carbons (Fsp3) is 0.667. The first-order valence-corrected chi connectivity index (χ1v) is 6.14. The molecule has 0 aliphatic carbocycles. The zero-order valence-electron chi connectivity index (χ0n) is 11.3. The Bertz CT molecular complexity index is 423. The Morgan fingerprint density at radius 2 is 2.00 bits per heavy atom. The molecule has 0 fully saturated rings. The van der Waals surface area contributed by atoms with Gasteiger partial charge >= 0.3 is 0 Å². The van der Waals surface area contributed by atoms with Gasteiger partial charge in [0.1, 0.15) is 5.69 Å². The number of aromatic nitrogens is 3. The zero-order chi connectivity index (χ0) is 13.7. The number of carbonyl (C=O) groups is 2. The third kappa shape index (κ3) is 4.27. The minimum Gasteiger partial charge on any atom is -0.354 e. The molecule has 1 amide bonds. The van der Waals surface area contributed by atoms with Gasteiger partial charge < -0.3 is 5.32 Å². The molecule has 1 rings (SSSR count). The largest absolute Gasteiger partial charge is 0.354 e. The van der Waals surface area contributed by atoms with Crippen molar-refractivity contribution in [1.82, 2.24) is 20.3 Å². The molecule has 0 radical (unpaired) electrons. The second-order valence-corrected chi connectivity index (χ2v) is 4.86. The van der Waals surface area contributed by atoms with Gasteiger partial charge in [0.25, 0.3) is 0 Å². The fourth-order valence-corrected chi connectivity index (χ4v) is 1.43. The number of nitrogens with one attached hydrogen (secondary N) is 1. The maximum Gasteiger partial charge on any atom is 0.222 e. The van der Waals surface area contributed by atoms with Crippen LogP contribution in [0.4, 0.5) is 0 Å². The first kappa shape index (κ1) is 14.3. The van der Waals surface area contributed by atoms with Crippen LogP contribution in [0.5, 0.6) is 0 Å². The quantitative estimate of drug-likeness (QED) is 0.767. The van der Waals surface area contributed by atoms with Crippen LogP contribution in [0.1, 0.15) is 44.6 Å². The van der Waals surface area contributed by atoms with Gasteiger partial charge in [-0.05, 0) is 13.8 Å². The Kier molecular flexibility index (Phi) is 5.00. The van der Waals surface area contributed by atoms with E-state index in [2.05, 4.69) is 15.6 Å². The van der Waals surface area contributed by atoms with E-state index in [4.69, 9.17) is 0 Å². The third-order valence-electron chi connectivity index (χ3n) is 2.33. The predicted octanol–water partition coefficient (Wildman–Crippen LogP) is 1.03. The number of carbonyl (C=O) groups excluding carboxylic acids is 2. The van der Waals surface area contributed by atoms with Gasteiger partial charge in [0.05, 0.1) is 12.7 Å². The minimum atomic E-state index is -0.0978. The minimum absolute atomic E-state index is 0.0303. The van der Waals surface area contributed by atoms with E-state index in [1.165, 1.54) is 4.68 Å². The molecule has 1 aromatic rings. The molecular formula is C12H20N4O2. The monoisotopic (exact) mass is 252 g/mol. The molecule has 6 heteroatoms. The van der Waals surface area contributed by atoms with E-state index in [9.17, 15) is 9.59 Å². The molecule has 0 spiro atoms. The smallest absolute Gasteiger partial charge is 0.222 e. The molecule has 0 saturated heterocycles. The molecule has 0 unspecified atom stereocenters. The van der Waals surface area contributed by atoms with Crippen LogP contribution in [-0.2, 0) is 11.3 Å². The SMILES string of the molecule is CC(C)NC(=O)CCn1cc(C(=O)C(C)C)nn1. The van der Waals surface area contributed by atoms with Gasteiger partial charge in [-0.3, -0.25) is 14.3 Å². The van der Waals surface area contributed by atoms with Crippen LogP contribution in [0.15, 0.2) is 6.20 Å². The summed E-state index contributed by atoms with van der Waals surface area (Å²) >= 11 is 0. The second-order valence-electron chi connectivity index (χ2n) is 4.86. The Balaban J connectivity index is 2.50. The van der Waals surface area contributed by atoms with Crippen molar-refractivity contribution in [3.63, 3.8) is 0 Å². The lowest BCUT2D eigenvalue weighted by atomic mass is 10.1. The molecule has 1 aromatic heterocycles. The molecular weight excluding hydrogens is 232 g/mol. The maximum absolute atomic E-state index is 11.6. The molecule has 0 aliphatic heterocycles. The average Bonchev–Trinajstić information content (AvgIpc) is 2.72. The van der Waals surface area contributed by atoms with Gasteiger partial charge in [-0.2, -0.15) is 0 Å². The summed E-state index contributed by atoms with van der Waals surface area (Å²) in [7, 11) is 0. The highest BCUT2D eigenvalue weighted by Gasteiger charge is 2.14. The summed E-state index contributed by atoms with van der Waals surface area (Å²) in [5.41, 5.74) is 0.356. The van der Waals surface area contributed by atoms with Crippen molar-refractivity contribution in [2.45, 2.75) is 46.7 Å². The lowest BCUT2D eigenvalue weighted by molar-refractivity contribution is -0.121. The van der Waals surface area contributed by atoms with E-state index in [1.807, 2.05) is 27.7 Å². The number of rotatable bonds is 6. The number of Topliss-reactive ketones (excluding diaryl/α,β-unsaturated/α-hetero) is 1. The average molecular weight is 252 g/mol. The molecule has 0 aromatic carbocycles. The van der Waals surface area contributed by atoms with Crippen LogP contribution in [-0.4, -0.2) is 32.7 Å². The summed E-state index contributed by atoms with van der Waals surface area (Å²) < 4.78 is 1.52. The summed E-state index contributed by atoms with van der Waals surface area (Å²) in [5.74, 6) is -0.162. The van der Waals surface area contributed by atoms with Crippen molar-refractivity contribution in [2.75, 3.05) is 0 Å².